The highest BCUT2D eigenvalue weighted by molar-refractivity contribution is 5.82. The summed E-state index contributed by atoms with van der Waals surface area (Å²) in [6.45, 7) is 9.30. The van der Waals surface area contributed by atoms with Crippen molar-refractivity contribution in [2.75, 3.05) is 13.1 Å². The van der Waals surface area contributed by atoms with Gasteiger partial charge in [-0.2, -0.15) is 0 Å². The summed E-state index contributed by atoms with van der Waals surface area (Å²) in [5.74, 6) is 1.87. The maximum atomic E-state index is 5.93. The molecule has 24 heavy (non-hydrogen) atoms. The molecule has 4 rings (SSSR count). The van der Waals surface area contributed by atoms with Gasteiger partial charge in [0.2, 0.25) is 11.8 Å². The molecule has 1 N–H and O–H groups in total. The lowest BCUT2D eigenvalue weighted by Crippen LogP contribution is -2.19. The molecule has 3 aromatic rings. The van der Waals surface area contributed by atoms with Crippen LogP contribution in [0.15, 0.2) is 34.9 Å². The van der Waals surface area contributed by atoms with Crippen LogP contribution in [0.5, 0.6) is 0 Å². The number of nitrogens with one attached hydrogen (secondary N) is 1. The van der Waals surface area contributed by atoms with E-state index in [1.54, 1.807) is 0 Å². The molecule has 3 heterocycles. The van der Waals surface area contributed by atoms with E-state index in [9.17, 15) is 0 Å². The maximum Gasteiger partial charge on any atom is 0.221 e. The predicted octanol–water partition coefficient (Wildman–Crippen LogP) is 3.84. The number of para-hydroxylation sites is 1. The highest BCUT2D eigenvalue weighted by Crippen LogP contribution is 2.30. The minimum Gasteiger partial charge on any atom is -0.424 e. The van der Waals surface area contributed by atoms with Crippen molar-refractivity contribution >= 4 is 10.9 Å². The zero-order valence-electron chi connectivity index (χ0n) is 14.5. The summed E-state index contributed by atoms with van der Waals surface area (Å²) < 4.78 is 5.93. The van der Waals surface area contributed by atoms with E-state index >= 15 is 0 Å². The highest BCUT2D eigenvalue weighted by atomic mass is 16.4. The third-order valence-electron chi connectivity index (χ3n) is 4.77. The van der Waals surface area contributed by atoms with Gasteiger partial charge in [0.25, 0.3) is 0 Å². The number of likely N-dealkylation sites (tertiary alicyclic amines) is 1. The van der Waals surface area contributed by atoms with Crippen molar-refractivity contribution in [3.05, 3.63) is 47.8 Å². The zero-order chi connectivity index (χ0) is 16.7. The minimum atomic E-state index is -0.0897. The molecule has 1 aromatic carbocycles. The Bertz CT molecular complexity index is 842. The van der Waals surface area contributed by atoms with Gasteiger partial charge in [-0.05, 0) is 24.6 Å². The molecular weight excluding hydrogens is 300 g/mol. The van der Waals surface area contributed by atoms with Crippen LogP contribution in [0.2, 0.25) is 0 Å². The van der Waals surface area contributed by atoms with E-state index in [1.807, 2.05) is 0 Å². The van der Waals surface area contributed by atoms with Crippen molar-refractivity contribution in [1.82, 2.24) is 20.1 Å². The van der Waals surface area contributed by atoms with Crippen molar-refractivity contribution < 1.29 is 4.42 Å². The van der Waals surface area contributed by atoms with Gasteiger partial charge in [0.15, 0.2) is 0 Å². The third-order valence-corrected chi connectivity index (χ3v) is 4.77. The second-order valence-electron chi connectivity index (χ2n) is 7.78. The lowest BCUT2D eigenvalue weighted by atomic mass is 9.97. The first-order valence-corrected chi connectivity index (χ1v) is 8.62. The first kappa shape index (κ1) is 15.4. The van der Waals surface area contributed by atoms with Gasteiger partial charge in [-0.3, -0.25) is 4.90 Å². The molecule has 1 atom stereocenters. The first-order valence-electron chi connectivity index (χ1n) is 8.62. The Morgan fingerprint density at radius 1 is 1.25 bits per heavy atom. The second kappa shape index (κ2) is 5.74. The number of fused-ring (bicyclic) bond motifs is 1. The molecule has 1 aliphatic rings. The Morgan fingerprint density at radius 2 is 2.08 bits per heavy atom. The summed E-state index contributed by atoms with van der Waals surface area (Å²) in [5, 5.41) is 9.84. The van der Waals surface area contributed by atoms with Gasteiger partial charge in [-0.15, -0.1) is 10.2 Å². The largest absolute Gasteiger partial charge is 0.424 e. The van der Waals surface area contributed by atoms with Crippen LogP contribution in [0, 0.1) is 0 Å². The summed E-state index contributed by atoms with van der Waals surface area (Å²) in [4.78, 5) is 5.83. The average Bonchev–Trinajstić information content (AvgIpc) is 3.26. The van der Waals surface area contributed by atoms with E-state index < -0.39 is 0 Å². The second-order valence-corrected chi connectivity index (χ2v) is 7.78. The lowest BCUT2D eigenvalue weighted by Gasteiger charge is -2.14. The molecule has 1 unspecified atom stereocenters. The highest BCUT2D eigenvalue weighted by Gasteiger charge is 2.30. The maximum absolute atomic E-state index is 5.93. The molecule has 0 spiro atoms. The molecule has 5 heteroatoms. The summed E-state index contributed by atoms with van der Waals surface area (Å²) in [6.07, 6.45) is 3.20. The molecule has 0 aliphatic carbocycles. The normalized spacial score (nSPS) is 19.4. The van der Waals surface area contributed by atoms with Crippen LogP contribution in [0.1, 0.15) is 50.5 Å². The molecule has 1 saturated heterocycles. The van der Waals surface area contributed by atoms with Gasteiger partial charge < -0.3 is 9.40 Å². The fourth-order valence-electron chi connectivity index (χ4n) is 3.38. The predicted molar refractivity (Wildman–Crippen MR) is 93.9 cm³/mol. The summed E-state index contributed by atoms with van der Waals surface area (Å²) >= 11 is 0. The minimum absolute atomic E-state index is 0.0897. The van der Waals surface area contributed by atoms with Gasteiger partial charge in [-0.25, -0.2) is 0 Å². The number of nitrogens with zero attached hydrogens (tertiary/aromatic N) is 3. The van der Waals surface area contributed by atoms with E-state index in [2.05, 4.69) is 71.3 Å². The molecule has 0 saturated carbocycles. The van der Waals surface area contributed by atoms with Gasteiger partial charge >= 0.3 is 0 Å². The van der Waals surface area contributed by atoms with Gasteiger partial charge in [0.05, 0.1) is 5.92 Å². The van der Waals surface area contributed by atoms with E-state index in [-0.39, 0.29) is 5.41 Å². The molecule has 0 bridgehead atoms. The summed E-state index contributed by atoms with van der Waals surface area (Å²) in [7, 11) is 0. The number of aromatic nitrogens is 3. The molecule has 0 amide bonds. The number of H-pyrrole nitrogens is 1. The molecule has 1 fully saturated rings. The topological polar surface area (TPSA) is 58.0 Å². The molecular formula is C19H24N4O. The lowest BCUT2D eigenvalue weighted by molar-refractivity contribution is 0.314. The van der Waals surface area contributed by atoms with E-state index in [1.165, 1.54) is 16.5 Å². The van der Waals surface area contributed by atoms with Crippen LogP contribution in [0.4, 0.5) is 0 Å². The number of hydrogen-bond acceptors (Lipinski definition) is 4. The molecule has 2 aromatic heterocycles. The van der Waals surface area contributed by atoms with Crippen LogP contribution in [-0.2, 0) is 12.0 Å². The molecule has 126 valence electrons. The monoisotopic (exact) mass is 324 g/mol. The molecule has 0 radical (unpaired) electrons. The number of aromatic amines is 1. The zero-order valence-corrected chi connectivity index (χ0v) is 14.5. The first-order chi connectivity index (χ1) is 11.5. The Morgan fingerprint density at radius 3 is 2.88 bits per heavy atom. The smallest absolute Gasteiger partial charge is 0.221 e. The van der Waals surface area contributed by atoms with Crippen LogP contribution in [-0.4, -0.2) is 33.2 Å². The van der Waals surface area contributed by atoms with Gasteiger partial charge in [-0.1, -0.05) is 39.0 Å². The molecule has 1 aliphatic heterocycles. The number of benzene rings is 1. The van der Waals surface area contributed by atoms with Crippen molar-refractivity contribution in [3.63, 3.8) is 0 Å². The molecule has 5 nitrogen and oxygen atoms in total. The van der Waals surface area contributed by atoms with Crippen LogP contribution >= 0.6 is 0 Å². The van der Waals surface area contributed by atoms with Crippen LogP contribution < -0.4 is 0 Å². The summed E-state index contributed by atoms with van der Waals surface area (Å²) in [6, 6.07) is 8.47. The van der Waals surface area contributed by atoms with Crippen LogP contribution in [0.3, 0.4) is 0 Å². The van der Waals surface area contributed by atoms with Crippen LogP contribution in [0.25, 0.3) is 10.9 Å². The van der Waals surface area contributed by atoms with E-state index in [0.29, 0.717) is 5.92 Å². The number of hydrogen-bond donors (Lipinski definition) is 1. The fourth-order valence-corrected chi connectivity index (χ4v) is 3.38. The Hall–Kier alpha value is -2.14. The quantitative estimate of drug-likeness (QED) is 0.795. The summed E-state index contributed by atoms with van der Waals surface area (Å²) in [5.41, 5.74) is 2.47. The van der Waals surface area contributed by atoms with Crippen molar-refractivity contribution in [2.45, 2.75) is 45.1 Å². The van der Waals surface area contributed by atoms with Crippen molar-refractivity contribution in [1.29, 1.82) is 0 Å². The Kier molecular flexibility index (Phi) is 3.68. The van der Waals surface area contributed by atoms with E-state index in [4.69, 9.17) is 4.42 Å². The van der Waals surface area contributed by atoms with Gasteiger partial charge in [0.1, 0.15) is 0 Å². The average molecular weight is 324 g/mol. The SMILES string of the molecule is CC(C)(C)c1nnc(C2CCN(Cc3c[nH]c4ccccc34)C2)o1. The fraction of sp³-hybridized carbons (Fsp3) is 0.474. The van der Waals surface area contributed by atoms with Gasteiger partial charge in [0, 0.05) is 35.6 Å². The standard InChI is InChI=1S/C19H24N4O/c1-19(2,3)18-22-21-17(24-18)13-8-9-23(11-13)12-14-10-20-16-7-5-4-6-15(14)16/h4-7,10,13,20H,8-9,11-12H2,1-3H3. The Balaban J connectivity index is 1.46. The third kappa shape index (κ3) is 2.84. The van der Waals surface area contributed by atoms with E-state index in [0.717, 1.165) is 37.8 Å². The van der Waals surface area contributed by atoms with Crippen molar-refractivity contribution in [2.24, 2.45) is 0 Å². The number of rotatable bonds is 3. The van der Waals surface area contributed by atoms with Crippen molar-refractivity contribution in [3.8, 4) is 0 Å². The Labute approximate surface area is 142 Å².